The molecule has 0 saturated carbocycles. The zero-order valence-electron chi connectivity index (χ0n) is 19.6. The van der Waals surface area contributed by atoms with E-state index in [1.54, 1.807) is 6.92 Å². The van der Waals surface area contributed by atoms with E-state index in [0.29, 0.717) is 56.0 Å². The number of esters is 1. The molecular weight excluding hydrogens is 434 g/mol. The Balaban J connectivity index is 3.11. The molecule has 0 saturated heterocycles. The Kier molecular flexibility index (Phi) is 12.3. The lowest BCUT2D eigenvalue weighted by Gasteiger charge is -2.24. The first-order valence-corrected chi connectivity index (χ1v) is 11.2. The summed E-state index contributed by atoms with van der Waals surface area (Å²) in [7, 11) is 1.97. The van der Waals surface area contributed by atoms with Crippen molar-refractivity contribution in [1.29, 1.82) is 0 Å². The number of hydrogen-bond donors (Lipinski definition) is 1. The van der Waals surface area contributed by atoms with Crippen molar-refractivity contribution in [2.75, 3.05) is 20.2 Å². The molecule has 0 fully saturated rings. The molecule has 32 heavy (non-hydrogen) atoms. The van der Waals surface area contributed by atoms with Crippen molar-refractivity contribution in [2.45, 2.75) is 60.0 Å². The van der Waals surface area contributed by atoms with Gasteiger partial charge in [0.1, 0.15) is 23.9 Å². The number of phenolic OH excluding ortho intramolecular Hbond substituents is 1. The molecule has 1 rings (SSSR count). The largest absolute Gasteiger partial charge is 0.506 e. The summed E-state index contributed by atoms with van der Waals surface area (Å²) in [5.41, 5.74) is 2.71. The molecule has 0 aromatic heterocycles. The molecule has 0 spiro atoms. The fourth-order valence-electron chi connectivity index (χ4n) is 2.97. The molecular formula is C24H34ClNO6. The maximum atomic E-state index is 11.6. The van der Waals surface area contributed by atoms with Gasteiger partial charge in [0, 0.05) is 43.8 Å². The molecule has 0 aliphatic heterocycles. The summed E-state index contributed by atoms with van der Waals surface area (Å²) in [6, 6.07) is 2.92. The van der Waals surface area contributed by atoms with Crippen LogP contribution >= 0.6 is 11.6 Å². The van der Waals surface area contributed by atoms with Gasteiger partial charge in [-0.05, 0) is 38.8 Å². The molecule has 1 aromatic rings. The first kappa shape index (κ1) is 27.4. The van der Waals surface area contributed by atoms with Gasteiger partial charge >= 0.3 is 5.97 Å². The Morgan fingerprint density at radius 1 is 1.22 bits per heavy atom. The van der Waals surface area contributed by atoms with Crippen molar-refractivity contribution >= 4 is 24.0 Å². The molecule has 0 amide bonds. The normalized spacial score (nSPS) is 12.1. The molecule has 7 nitrogen and oxygen atoms in total. The van der Waals surface area contributed by atoms with E-state index in [9.17, 15) is 14.7 Å². The van der Waals surface area contributed by atoms with Crippen LogP contribution in [0.5, 0.6) is 11.5 Å². The molecule has 8 heteroatoms. The summed E-state index contributed by atoms with van der Waals surface area (Å²) in [6.45, 7) is 9.27. The number of likely N-dealkylation sites (N-methyl/N-ethyl adjacent to an activating group) is 1. The molecule has 1 N–H and O–H groups in total. The Labute approximate surface area is 195 Å². The van der Waals surface area contributed by atoms with Crippen LogP contribution in [0.1, 0.15) is 58.9 Å². The summed E-state index contributed by atoms with van der Waals surface area (Å²) >= 11 is 6.00. The minimum absolute atomic E-state index is 0.0275. The van der Waals surface area contributed by atoms with Gasteiger partial charge in [0.2, 0.25) is 0 Å². The minimum atomic E-state index is -0.195. The second-order valence-corrected chi connectivity index (χ2v) is 7.64. The van der Waals surface area contributed by atoms with Crippen molar-refractivity contribution < 1.29 is 28.9 Å². The lowest BCUT2D eigenvalue weighted by molar-refractivity contribution is -0.143. The van der Waals surface area contributed by atoms with Crippen LogP contribution in [0.2, 0.25) is 5.02 Å². The number of halogens is 1. The fraction of sp³-hybridized carbons (Fsp3) is 0.500. The molecule has 0 bridgehead atoms. The predicted octanol–water partition coefficient (Wildman–Crippen LogP) is 5.35. The Morgan fingerprint density at radius 2 is 1.94 bits per heavy atom. The number of phenols is 1. The lowest BCUT2D eigenvalue weighted by atomic mass is 10.1. The van der Waals surface area contributed by atoms with Crippen LogP contribution in [0.25, 0.3) is 0 Å². The van der Waals surface area contributed by atoms with Gasteiger partial charge in [-0.15, -0.1) is 0 Å². The van der Waals surface area contributed by atoms with Gasteiger partial charge in [0.05, 0.1) is 11.6 Å². The van der Waals surface area contributed by atoms with Crippen molar-refractivity contribution in [3.05, 3.63) is 45.8 Å². The third-order valence-corrected chi connectivity index (χ3v) is 5.19. The predicted molar refractivity (Wildman–Crippen MR) is 124 cm³/mol. The van der Waals surface area contributed by atoms with Gasteiger partial charge in [-0.1, -0.05) is 31.0 Å². The summed E-state index contributed by atoms with van der Waals surface area (Å²) in [6.07, 6.45) is 4.44. The zero-order chi connectivity index (χ0) is 24.1. The topological polar surface area (TPSA) is 85.3 Å². The average Bonchev–Trinajstić information content (AvgIpc) is 2.77. The van der Waals surface area contributed by atoms with E-state index in [1.807, 2.05) is 20.0 Å². The quantitative estimate of drug-likeness (QED) is 0.171. The maximum absolute atomic E-state index is 11.6. The maximum Gasteiger partial charge on any atom is 0.305 e. The standard InChI is InChI=1S/C24H34ClNO6/c1-6-17(4)21(26(5)11-9-10-24(29)31-8-3)13-19(7-2)32-23-14-22(28)20(25)12-18(23)15-30-16-27/h12-14,16,28H,6-11,15H2,1-5H3/b19-13+,21-17+. The minimum Gasteiger partial charge on any atom is -0.506 e. The van der Waals surface area contributed by atoms with Gasteiger partial charge in [-0.25, -0.2) is 0 Å². The van der Waals surface area contributed by atoms with E-state index in [0.717, 1.165) is 12.1 Å². The van der Waals surface area contributed by atoms with Crippen LogP contribution < -0.4 is 4.74 Å². The Morgan fingerprint density at radius 3 is 2.53 bits per heavy atom. The second-order valence-electron chi connectivity index (χ2n) is 7.23. The van der Waals surface area contributed by atoms with E-state index >= 15 is 0 Å². The number of allylic oxidation sites excluding steroid dienone is 3. The average molecular weight is 468 g/mol. The molecule has 0 aliphatic carbocycles. The number of carbonyl (C=O) groups excluding carboxylic acids is 2. The van der Waals surface area contributed by atoms with E-state index in [2.05, 4.69) is 18.7 Å². The highest BCUT2D eigenvalue weighted by Gasteiger charge is 2.14. The van der Waals surface area contributed by atoms with Crippen LogP contribution in [0.3, 0.4) is 0 Å². The van der Waals surface area contributed by atoms with Crippen molar-refractivity contribution in [3.63, 3.8) is 0 Å². The summed E-state index contributed by atoms with van der Waals surface area (Å²) in [5.74, 6) is 0.711. The van der Waals surface area contributed by atoms with Gasteiger partial charge in [-0.2, -0.15) is 0 Å². The van der Waals surface area contributed by atoms with Crippen LogP contribution in [-0.2, 0) is 25.7 Å². The first-order valence-electron chi connectivity index (χ1n) is 10.8. The number of nitrogens with zero attached hydrogens (tertiary/aromatic N) is 1. The summed E-state index contributed by atoms with van der Waals surface area (Å²) < 4.78 is 15.9. The highest BCUT2D eigenvalue weighted by atomic mass is 35.5. The van der Waals surface area contributed by atoms with Crippen molar-refractivity contribution in [1.82, 2.24) is 4.90 Å². The summed E-state index contributed by atoms with van der Waals surface area (Å²) in [4.78, 5) is 24.3. The van der Waals surface area contributed by atoms with E-state index in [-0.39, 0.29) is 23.3 Å². The smallest absolute Gasteiger partial charge is 0.305 e. The third kappa shape index (κ3) is 8.83. The third-order valence-electron chi connectivity index (χ3n) is 4.88. The number of aromatic hydroxyl groups is 1. The number of benzene rings is 1. The molecule has 178 valence electrons. The second kappa shape index (κ2) is 14.4. The molecule has 1 aromatic carbocycles. The first-order chi connectivity index (χ1) is 15.3. The van der Waals surface area contributed by atoms with Gasteiger partial charge < -0.3 is 24.2 Å². The number of carbonyl (C=O) groups is 2. The van der Waals surface area contributed by atoms with Gasteiger partial charge in [0.25, 0.3) is 6.47 Å². The number of ether oxygens (including phenoxy) is 3. The molecule has 0 atom stereocenters. The van der Waals surface area contributed by atoms with Crippen molar-refractivity contribution in [2.24, 2.45) is 0 Å². The van der Waals surface area contributed by atoms with E-state index in [1.165, 1.54) is 17.7 Å². The number of rotatable bonds is 14. The highest BCUT2D eigenvalue weighted by Crippen LogP contribution is 2.34. The molecule has 0 unspecified atom stereocenters. The lowest BCUT2D eigenvalue weighted by Crippen LogP contribution is -2.21. The fourth-order valence-corrected chi connectivity index (χ4v) is 3.15. The molecule has 0 radical (unpaired) electrons. The van der Waals surface area contributed by atoms with Gasteiger partial charge in [0.15, 0.2) is 0 Å². The van der Waals surface area contributed by atoms with E-state index < -0.39 is 0 Å². The number of hydrogen-bond acceptors (Lipinski definition) is 7. The van der Waals surface area contributed by atoms with Crippen LogP contribution in [0, 0.1) is 0 Å². The zero-order valence-corrected chi connectivity index (χ0v) is 20.3. The highest BCUT2D eigenvalue weighted by molar-refractivity contribution is 6.32. The Hall–Kier alpha value is -2.67. The molecule has 0 heterocycles. The van der Waals surface area contributed by atoms with Crippen LogP contribution in [0.4, 0.5) is 0 Å². The van der Waals surface area contributed by atoms with Gasteiger partial charge in [-0.3, -0.25) is 9.59 Å². The summed E-state index contributed by atoms with van der Waals surface area (Å²) in [5, 5.41) is 10.2. The molecule has 0 aliphatic rings. The monoisotopic (exact) mass is 467 g/mol. The van der Waals surface area contributed by atoms with Crippen molar-refractivity contribution in [3.8, 4) is 11.5 Å². The van der Waals surface area contributed by atoms with Crippen LogP contribution in [0.15, 0.2) is 35.2 Å². The SMILES string of the molecule is CCOC(=O)CCCN(C)C(/C=C(\CC)Oc1cc(O)c(Cl)cc1COC=O)=C(\C)CC. The van der Waals surface area contributed by atoms with E-state index in [4.69, 9.17) is 25.8 Å². The van der Waals surface area contributed by atoms with Crippen LogP contribution in [-0.4, -0.2) is 42.6 Å². The Bertz CT molecular complexity index is 834.